The van der Waals surface area contributed by atoms with Crippen molar-refractivity contribution in [2.45, 2.75) is 26.3 Å². The molecular formula is C24H27N3O4. The smallest absolute Gasteiger partial charge is 0.251 e. The number of benzene rings is 2. The number of anilines is 2. The summed E-state index contributed by atoms with van der Waals surface area (Å²) in [4.78, 5) is 24.6. The molecule has 0 aliphatic rings. The second kappa shape index (κ2) is 11.4. The highest BCUT2D eigenvalue weighted by Gasteiger charge is 2.09. The van der Waals surface area contributed by atoms with Gasteiger partial charge in [0.25, 0.3) is 5.91 Å². The standard InChI is InChI=1S/C24H27N3O4/c1-2-3-13-30-21-11-9-19(10-12-21)25-17-23(28)27-20-7-4-6-18(15-20)24(29)26-16-22-8-5-14-31-22/h4-12,14-15,25H,2-3,13,16-17H2,1H3,(H,26,29)(H,27,28). The van der Waals surface area contributed by atoms with E-state index in [1.54, 1.807) is 42.7 Å². The first-order valence-corrected chi connectivity index (χ1v) is 10.3. The van der Waals surface area contributed by atoms with Crippen molar-refractivity contribution >= 4 is 23.2 Å². The first-order chi connectivity index (χ1) is 15.1. The number of nitrogens with one attached hydrogen (secondary N) is 3. The molecule has 7 heteroatoms. The fourth-order valence-corrected chi connectivity index (χ4v) is 2.81. The van der Waals surface area contributed by atoms with Gasteiger partial charge in [-0.25, -0.2) is 0 Å². The Labute approximate surface area is 181 Å². The average Bonchev–Trinajstić information content (AvgIpc) is 3.31. The van der Waals surface area contributed by atoms with E-state index in [1.165, 1.54) is 0 Å². The molecule has 3 aromatic rings. The van der Waals surface area contributed by atoms with Gasteiger partial charge < -0.3 is 25.1 Å². The highest BCUT2D eigenvalue weighted by Crippen LogP contribution is 2.16. The average molecular weight is 421 g/mol. The van der Waals surface area contributed by atoms with Gasteiger partial charge in [-0.1, -0.05) is 19.4 Å². The number of carbonyl (C=O) groups is 2. The molecule has 0 saturated heterocycles. The monoisotopic (exact) mass is 421 g/mol. The van der Waals surface area contributed by atoms with Crippen LogP contribution in [0.15, 0.2) is 71.3 Å². The Morgan fingerprint density at radius 3 is 2.58 bits per heavy atom. The maximum atomic E-state index is 12.3. The van der Waals surface area contributed by atoms with Gasteiger partial charge in [0.1, 0.15) is 11.5 Å². The van der Waals surface area contributed by atoms with Crippen LogP contribution in [0.5, 0.6) is 5.75 Å². The number of hydrogen-bond donors (Lipinski definition) is 3. The summed E-state index contributed by atoms with van der Waals surface area (Å²) in [6, 6.07) is 17.8. The predicted molar refractivity (Wildman–Crippen MR) is 120 cm³/mol. The zero-order chi connectivity index (χ0) is 21.9. The number of rotatable bonds is 11. The van der Waals surface area contributed by atoms with E-state index in [9.17, 15) is 9.59 Å². The normalized spacial score (nSPS) is 10.4. The number of ether oxygens (including phenoxy) is 1. The minimum absolute atomic E-state index is 0.102. The van der Waals surface area contributed by atoms with E-state index in [1.807, 2.05) is 24.3 Å². The molecule has 31 heavy (non-hydrogen) atoms. The van der Waals surface area contributed by atoms with Crippen LogP contribution in [0.4, 0.5) is 11.4 Å². The van der Waals surface area contributed by atoms with Crippen molar-refractivity contribution in [2.24, 2.45) is 0 Å². The Morgan fingerprint density at radius 1 is 1.00 bits per heavy atom. The third-order valence-electron chi connectivity index (χ3n) is 4.49. The predicted octanol–water partition coefficient (Wildman–Crippen LogP) is 4.44. The van der Waals surface area contributed by atoms with Gasteiger partial charge in [-0.3, -0.25) is 9.59 Å². The summed E-state index contributed by atoms with van der Waals surface area (Å²) < 4.78 is 10.8. The second-order valence-corrected chi connectivity index (χ2v) is 6.97. The molecule has 0 aliphatic heterocycles. The molecule has 0 unspecified atom stereocenters. The van der Waals surface area contributed by atoms with Gasteiger partial charge in [0.2, 0.25) is 5.91 Å². The summed E-state index contributed by atoms with van der Waals surface area (Å²) >= 11 is 0. The largest absolute Gasteiger partial charge is 0.494 e. The molecule has 2 aromatic carbocycles. The number of unbranched alkanes of at least 4 members (excludes halogenated alkanes) is 1. The number of furan rings is 1. The Bertz CT molecular complexity index is 969. The Balaban J connectivity index is 1.45. The molecule has 0 radical (unpaired) electrons. The van der Waals surface area contributed by atoms with Crippen LogP contribution in [-0.4, -0.2) is 25.0 Å². The van der Waals surface area contributed by atoms with E-state index >= 15 is 0 Å². The highest BCUT2D eigenvalue weighted by atomic mass is 16.5. The van der Waals surface area contributed by atoms with Crippen LogP contribution >= 0.6 is 0 Å². The summed E-state index contributed by atoms with van der Waals surface area (Å²) in [6.45, 7) is 3.22. The van der Waals surface area contributed by atoms with Crippen LogP contribution in [-0.2, 0) is 11.3 Å². The molecule has 162 valence electrons. The SMILES string of the molecule is CCCCOc1ccc(NCC(=O)Nc2cccc(C(=O)NCc3ccco3)c2)cc1. The summed E-state index contributed by atoms with van der Waals surface area (Å²) in [7, 11) is 0. The second-order valence-electron chi connectivity index (χ2n) is 6.97. The molecule has 0 saturated carbocycles. The van der Waals surface area contributed by atoms with Gasteiger partial charge in [-0.15, -0.1) is 0 Å². The first kappa shape index (κ1) is 22.0. The van der Waals surface area contributed by atoms with Crippen LogP contribution in [0.2, 0.25) is 0 Å². The lowest BCUT2D eigenvalue weighted by Crippen LogP contribution is -2.24. The van der Waals surface area contributed by atoms with Crippen molar-refractivity contribution in [3.63, 3.8) is 0 Å². The van der Waals surface area contributed by atoms with Crippen molar-refractivity contribution < 1.29 is 18.7 Å². The lowest BCUT2D eigenvalue weighted by Gasteiger charge is -2.10. The summed E-state index contributed by atoms with van der Waals surface area (Å²) in [5, 5.41) is 8.65. The van der Waals surface area contributed by atoms with Gasteiger partial charge in [0.05, 0.1) is 26.0 Å². The van der Waals surface area contributed by atoms with Crippen molar-refractivity contribution in [3.05, 3.63) is 78.3 Å². The fraction of sp³-hybridized carbons (Fsp3) is 0.250. The van der Waals surface area contributed by atoms with Crippen LogP contribution in [0.3, 0.4) is 0 Å². The molecule has 1 heterocycles. The Kier molecular flexibility index (Phi) is 8.11. The van der Waals surface area contributed by atoms with Gasteiger partial charge in [0, 0.05) is 16.9 Å². The third-order valence-corrected chi connectivity index (χ3v) is 4.49. The molecule has 0 spiro atoms. The lowest BCUT2D eigenvalue weighted by atomic mass is 10.2. The van der Waals surface area contributed by atoms with E-state index in [0.717, 1.165) is 24.3 Å². The number of hydrogen-bond acceptors (Lipinski definition) is 5. The lowest BCUT2D eigenvalue weighted by molar-refractivity contribution is -0.114. The van der Waals surface area contributed by atoms with E-state index < -0.39 is 0 Å². The van der Waals surface area contributed by atoms with E-state index in [2.05, 4.69) is 22.9 Å². The van der Waals surface area contributed by atoms with Crippen LogP contribution in [0.25, 0.3) is 0 Å². The van der Waals surface area contributed by atoms with Gasteiger partial charge in [0.15, 0.2) is 0 Å². The minimum atomic E-state index is -0.244. The van der Waals surface area contributed by atoms with E-state index in [0.29, 0.717) is 30.2 Å². The molecule has 7 nitrogen and oxygen atoms in total. The molecule has 0 aliphatic carbocycles. The first-order valence-electron chi connectivity index (χ1n) is 10.3. The maximum absolute atomic E-state index is 12.3. The number of amides is 2. The van der Waals surface area contributed by atoms with E-state index in [-0.39, 0.29) is 18.4 Å². The highest BCUT2D eigenvalue weighted by molar-refractivity contribution is 5.98. The molecule has 0 bridgehead atoms. The molecule has 0 atom stereocenters. The van der Waals surface area contributed by atoms with Crippen LogP contribution in [0, 0.1) is 0 Å². The van der Waals surface area contributed by atoms with Crippen molar-refractivity contribution in [3.8, 4) is 5.75 Å². The fourth-order valence-electron chi connectivity index (χ4n) is 2.81. The Morgan fingerprint density at radius 2 is 1.84 bits per heavy atom. The Hall–Kier alpha value is -3.74. The van der Waals surface area contributed by atoms with Gasteiger partial charge in [-0.2, -0.15) is 0 Å². The molecule has 1 aromatic heterocycles. The molecular weight excluding hydrogens is 394 g/mol. The minimum Gasteiger partial charge on any atom is -0.494 e. The van der Waals surface area contributed by atoms with E-state index in [4.69, 9.17) is 9.15 Å². The quantitative estimate of drug-likeness (QED) is 0.398. The number of carbonyl (C=O) groups excluding carboxylic acids is 2. The molecule has 2 amide bonds. The zero-order valence-electron chi connectivity index (χ0n) is 17.5. The van der Waals surface area contributed by atoms with Crippen LogP contribution < -0.4 is 20.7 Å². The topological polar surface area (TPSA) is 92.6 Å². The van der Waals surface area contributed by atoms with Crippen molar-refractivity contribution in [1.29, 1.82) is 0 Å². The molecule has 0 fully saturated rings. The third kappa shape index (κ3) is 7.22. The van der Waals surface area contributed by atoms with Gasteiger partial charge >= 0.3 is 0 Å². The maximum Gasteiger partial charge on any atom is 0.251 e. The van der Waals surface area contributed by atoms with Gasteiger partial charge in [-0.05, 0) is 61.0 Å². The van der Waals surface area contributed by atoms with Crippen molar-refractivity contribution in [1.82, 2.24) is 5.32 Å². The molecule has 3 N–H and O–H groups in total. The van der Waals surface area contributed by atoms with Crippen molar-refractivity contribution in [2.75, 3.05) is 23.8 Å². The zero-order valence-corrected chi connectivity index (χ0v) is 17.5. The van der Waals surface area contributed by atoms with Crippen LogP contribution in [0.1, 0.15) is 35.9 Å². The summed E-state index contributed by atoms with van der Waals surface area (Å²) in [5.74, 6) is 1.03. The summed E-state index contributed by atoms with van der Waals surface area (Å²) in [6.07, 6.45) is 3.67. The summed E-state index contributed by atoms with van der Waals surface area (Å²) in [5.41, 5.74) is 1.83. The molecule has 3 rings (SSSR count).